The molecule has 3 atom stereocenters. The van der Waals surface area contributed by atoms with Crippen LogP contribution < -0.4 is 5.32 Å². The minimum Gasteiger partial charge on any atom is -0.462 e. The van der Waals surface area contributed by atoms with Crippen molar-refractivity contribution >= 4 is 11.9 Å². The molecule has 0 saturated carbocycles. The van der Waals surface area contributed by atoms with Crippen LogP contribution in [0.25, 0.3) is 0 Å². The Hall–Kier alpha value is -1.66. The number of unbranched alkanes of at least 4 members (excludes halogenated alkanes) is 35. The molecule has 0 aromatic carbocycles. The Morgan fingerprint density at radius 3 is 1.23 bits per heavy atom. The molecule has 62 heavy (non-hydrogen) atoms. The largest absolute Gasteiger partial charge is 0.462 e. The minimum atomic E-state index is -0.785. The molecule has 0 spiro atoms. The van der Waals surface area contributed by atoms with Crippen LogP contribution in [-0.2, 0) is 14.3 Å². The zero-order valence-corrected chi connectivity index (χ0v) is 41.8. The van der Waals surface area contributed by atoms with Gasteiger partial charge in [0.1, 0.15) is 6.10 Å². The van der Waals surface area contributed by atoms with Crippen LogP contribution in [0.5, 0.6) is 0 Å². The van der Waals surface area contributed by atoms with Crippen LogP contribution in [0.15, 0.2) is 24.3 Å². The third kappa shape index (κ3) is 44.9. The van der Waals surface area contributed by atoms with E-state index in [1.54, 1.807) is 0 Å². The van der Waals surface area contributed by atoms with Crippen LogP contribution in [-0.4, -0.2) is 46.9 Å². The van der Waals surface area contributed by atoms with Gasteiger partial charge in [-0.25, -0.2) is 0 Å². The molecule has 3 unspecified atom stereocenters. The summed E-state index contributed by atoms with van der Waals surface area (Å²) in [7, 11) is 0. The van der Waals surface area contributed by atoms with Crippen molar-refractivity contribution < 1.29 is 24.5 Å². The van der Waals surface area contributed by atoms with Crippen LogP contribution in [0.3, 0.4) is 0 Å². The van der Waals surface area contributed by atoms with Gasteiger partial charge in [-0.2, -0.15) is 0 Å². The first-order valence-corrected chi connectivity index (χ1v) is 27.6. The lowest BCUT2D eigenvalue weighted by atomic mass is 10.0. The van der Waals surface area contributed by atoms with Gasteiger partial charge in [-0.3, -0.25) is 9.59 Å². The Bertz CT molecular complexity index is 981. The fraction of sp³-hybridized carbons (Fsp3) is 0.893. The normalized spacial score (nSPS) is 13.3. The number of rotatable bonds is 50. The number of hydrogen-bond donors (Lipinski definition) is 3. The summed E-state index contributed by atoms with van der Waals surface area (Å²) >= 11 is 0. The average molecular weight is 874 g/mol. The molecule has 0 aliphatic carbocycles. The molecule has 3 N–H and O–H groups in total. The van der Waals surface area contributed by atoms with Gasteiger partial charge in [0.05, 0.1) is 25.2 Å². The van der Waals surface area contributed by atoms with Gasteiger partial charge >= 0.3 is 5.97 Å². The van der Waals surface area contributed by atoms with E-state index in [0.717, 1.165) is 51.4 Å². The molecular formula is C56H107NO5. The molecule has 0 aliphatic heterocycles. The summed E-state index contributed by atoms with van der Waals surface area (Å²) < 4.78 is 5.95. The van der Waals surface area contributed by atoms with Crippen LogP contribution in [0.2, 0.25) is 0 Å². The lowest BCUT2D eigenvalue weighted by Crippen LogP contribution is -2.46. The van der Waals surface area contributed by atoms with E-state index in [1.807, 2.05) is 0 Å². The summed E-state index contributed by atoms with van der Waals surface area (Å²) in [6.45, 7) is 6.48. The maximum Gasteiger partial charge on any atom is 0.306 e. The summed E-state index contributed by atoms with van der Waals surface area (Å²) in [5.41, 5.74) is 0. The monoisotopic (exact) mass is 874 g/mol. The maximum atomic E-state index is 13.2. The topological polar surface area (TPSA) is 95.9 Å². The SMILES string of the molecule is CCCCC/C=C/C=C/CCCCCCCCC(=O)OC(CCCCCCCCCCCCCCCC)CC(=O)NC(CO)C(O)CCCCCCCCCCCCCCCC. The van der Waals surface area contributed by atoms with E-state index < -0.39 is 18.2 Å². The fourth-order valence-electron chi connectivity index (χ4n) is 8.60. The molecular weight excluding hydrogens is 767 g/mol. The van der Waals surface area contributed by atoms with Crippen molar-refractivity contribution in [2.75, 3.05) is 6.61 Å². The second kappa shape index (κ2) is 50.3. The minimum absolute atomic E-state index is 0.0787. The van der Waals surface area contributed by atoms with Gasteiger partial charge in [0.25, 0.3) is 0 Å². The molecule has 1 amide bonds. The highest BCUT2D eigenvalue weighted by atomic mass is 16.5. The van der Waals surface area contributed by atoms with Crippen LogP contribution in [0.1, 0.15) is 297 Å². The lowest BCUT2D eigenvalue weighted by Gasteiger charge is -2.24. The molecule has 366 valence electrons. The number of aliphatic hydroxyl groups is 2. The molecule has 0 saturated heterocycles. The standard InChI is InChI=1S/C56H107NO5/c1-4-7-10-13-16-19-22-25-28-31-34-37-40-43-46-49-56(61)62-52(47-44-41-38-35-32-29-26-23-20-17-14-11-8-5-2)50-55(60)57-53(51-58)54(59)48-45-42-39-36-33-30-27-24-21-18-15-12-9-6-3/h16,19,22,25,52-54,58-59H,4-15,17-18,20-21,23-24,26-51H2,1-3H3,(H,57,60)/b19-16+,25-22+. The second-order valence-electron chi connectivity index (χ2n) is 19.0. The van der Waals surface area contributed by atoms with E-state index in [-0.39, 0.29) is 24.9 Å². The van der Waals surface area contributed by atoms with E-state index in [2.05, 4.69) is 50.4 Å². The van der Waals surface area contributed by atoms with Crippen molar-refractivity contribution in [2.24, 2.45) is 0 Å². The van der Waals surface area contributed by atoms with Crippen molar-refractivity contribution in [3.05, 3.63) is 24.3 Å². The van der Waals surface area contributed by atoms with E-state index in [9.17, 15) is 19.8 Å². The highest BCUT2D eigenvalue weighted by Crippen LogP contribution is 2.19. The summed E-state index contributed by atoms with van der Waals surface area (Å²) in [4.78, 5) is 26.2. The molecule has 0 bridgehead atoms. The van der Waals surface area contributed by atoms with Gasteiger partial charge in [0.15, 0.2) is 0 Å². The number of nitrogens with one attached hydrogen (secondary N) is 1. The fourth-order valence-corrected chi connectivity index (χ4v) is 8.60. The average Bonchev–Trinajstić information content (AvgIpc) is 3.26. The Morgan fingerprint density at radius 1 is 0.468 bits per heavy atom. The molecule has 0 radical (unpaired) electrons. The number of carbonyl (C=O) groups excluding carboxylic acids is 2. The first kappa shape index (κ1) is 60.3. The first-order chi connectivity index (χ1) is 30.5. The number of ether oxygens (including phenoxy) is 1. The molecule has 0 aromatic heterocycles. The maximum absolute atomic E-state index is 13.2. The van der Waals surface area contributed by atoms with Crippen molar-refractivity contribution in [3.63, 3.8) is 0 Å². The molecule has 0 heterocycles. The lowest BCUT2D eigenvalue weighted by molar-refractivity contribution is -0.151. The zero-order chi connectivity index (χ0) is 45.2. The van der Waals surface area contributed by atoms with Gasteiger partial charge in [-0.15, -0.1) is 0 Å². The molecule has 0 aromatic rings. The third-order valence-electron chi connectivity index (χ3n) is 12.8. The van der Waals surface area contributed by atoms with Gasteiger partial charge in [0, 0.05) is 6.42 Å². The molecule has 0 fully saturated rings. The molecule has 0 aliphatic rings. The number of aliphatic hydroxyl groups excluding tert-OH is 2. The molecule has 6 nitrogen and oxygen atoms in total. The van der Waals surface area contributed by atoms with Crippen molar-refractivity contribution in [3.8, 4) is 0 Å². The van der Waals surface area contributed by atoms with E-state index in [4.69, 9.17) is 4.74 Å². The van der Waals surface area contributed by atoms with E-state index >= 15 is 0 Å². The van der Waals surface area contributed by atoms with Gasteiger partial charge in [-0.05, 0) is 51.4 Å². The Kier molecular flexibility index (Phi) is 49.0. The highest BCUT2D eigenvalue weighted by molar-refractivity contribution is 5.77. The van der Waals surface area contributed by atoms with E-state index in [0.29, 0.717) is 19.3 Å². The highest BCUT2D eigenvalue weighted by Gasteiger charge is 2.24. The third-order valence-corrected chi connectivity index (χ3v) is 12.8. The molecule has 6 heteroatoms. The van der Waals surface area contributed by atoms with Gasteiger partial charge in [-0.1, -0.05) is 257 Å². The van der Waals surface area contributed by atoms with Crippen molar-refractivity contribution in [1.82, 2.24) is 5.32 Å². The van der Waals surface area contributed by atoms with Gasteiger partial charge in [0.2, 0.25) is 5.91 Å². The zero-order valence-electron chi connectivity index (χ0n) is 41.8. The Labute approximate surface area is 386 Å². The van der Waals surface area contributed by atoms with Crippen LogP contribution >= 0.6 is 0 Å². The van der Waals surface area contributed by atoms with E-state index in [1.165, 1.54) is 199 Å². The van der Waals surface area contributed by atoms with Crippen molar-refractivity contribution in [1.29, 1.82) is 0 Å². The molecule has 0 rings (SSSR count). The Balaban J connectivity index is 4.54. The predicted octanol–water partition coefficient (Wildman–Crippen LogP) is 16.7. The number of carbonyl (C=O) groups is 2. The van der Waals surface area contributed by atoms with Crippen LogP contribution in [0.4, 0.5) is 0 Å². The number of amides is 1. The number of allylic oxidation sites excluding steroid dienone is 4. The number of esters is 1. The summed E-state index contributed by atoms with van der Waals surface area (Å²) in [5.74, 6) is -0.470. The van der Waals surface area contributed by atoms with Crippen LogP contribution in [0, 0.1) is 0 Å². The van der Waals surface area contributed by atoms with Gasteiger partial charge < -0.3 is 20.3 Å². The number of hydrogen-bond acceptors (Lipinski definition) is 5. The second-order valence-corrected chi connectivity index (χ2v) is 19.0. The Morgan fingerprint density at radius 2 is 0.806 bits per heavy atom. The predicted molar refractivity (Wildman–Crippen MR) is 269 cm³/mol. The quantitative estimate of drug-likeness (QED) is 0.0321. The summed E-state index contributed by atoms with van der Waals surface area (Å²) in [5, 5.41) is 23.8. The smallest absolute Gasteiger partial charge is 0.306 e. The first-order valence-electron chi connectivity index (χ1n) is 27.6. The van der Waals surface area contributed by atoms with Crippen molar-refractivity contribution in [2.45, 2.75) is 315 Å². The summed E-state index contributed by atoms with van der Waals surface area (Å²) in [6.07, 6.45) is 58.0. The summed E-state index contributed by atoms with van der Waals surface area (Å²) in [6, 6.07) is -0.699.